The van der Waals surface area contributed by atoms with Gasteiger partial charge in [-0.1, -0.05) is 26.0 Å². The van der Waals surface area contributed by atoms with Gasteiger partial charge in [-0.15, -0.1) is 0 Å². The zero-order valence-corrected chi connectivity index (χ0v) is 15.2. The monoisotopic (exact) mass is 357 g/mol. The van der Waals surface area contributed by atoms with Gasteiger partial charge in [-0.25, -0.2) is 14.4 Å². The maximum absolute atomic E-state index is 13.9. The predicted octanol–water partition coefficient (Wildman–Crippen LogP) is 2.65. The lowest BCUT2D eigenvalue weighted by atomic mass is 10.2. The molecule has 7 heteroatoms. The first-order valence-electron chi connectivity index (χ1n) is 8.89. The SMILES string of the molecule is CC(C)CNc1cnc(C(=O)N2CCN(c3ccccc3F)CC2)cn1. The molecule has 0 radical (unpaired) electrons. The molecular formula is C19H24FN5O. The van der Waals surface area contributed by atoms with Gasteiger partial charge in [0.2, 0.25) is 0 Å². The van der Waals surface area contributed by atoms with Crippen molar-refractivity contribution in [1.82, 2.24) is 14.9 Å². The summed E-state index contributed by atoms with van der Waals surface area (Å²) in [5.74, 6) is 0.798. The summed E-state index contributed by atoms with van der Waals surface area (Å²) in [4.78, 5) is 24.8. The molecule has 0 aliphatic carbocycles. The molecule has 2 aromatic rings. The van der Waals surface area contributed by atoms with E-state index in [1.807, 2.05) is 11.0 Å². The average molecular weight is 357 g/mol. The second-order valence-electron chi connectivity index (χ2n) is 6.79. The van der Waals surface area contributed by atoms with Crippen LogP contribution in [0.4, 0.5) is 15.9 Å². The van der Waals surface area contributed by atoms with Crippen LogP contribution < -0.4 is 10.2 Å². The number of nitrogens with one attached hydrogen (secondary N) is 1. The molecule has 0 bridgehead atoms. The quantitative estimate of drug-likeness (QED) is 0.891. The molecule has 1 aromatic heterocycles. The first-order valence-corrected chi connectivity index (χ1v) is 8.89. The average Bonchev–Trinajstić information content (AvgIpc) is 2.67. The molecule has 0 atom stereocenters. The van der Waals surface area contributed by atoms with E-state index < -0.39 is 0 Å². The number of carbonyl (C=O) groups excluding carboxylic acids is 1. The highest BCUT2D eigenvalue weighted by molar-refractivity contribution is 5.92. The molecule has 26 heavy (non-hydrogen) atoms. The van der Waals surface area contributed by atoms with E-state index in [0.717, 1.165) is 6.54 Å². The summed E-state index contributed by atoms with van der Waals surface area (Å²) >= 11 is 0. The van der Waals surface area contributed by atoms with Crippen molar-refractivity contribution in [2.45, 2.75) is 13.8 Å². The second-order valence-corrected chi connectivity index (χ2v) is 6.79. The van der Waals surface area contributed by atoms with E-state index in [9.17, 15) is 9.18 Å². The number of nitrogens with zero attached hydrogens (tertiary/aromatic N) is 4. The van der Waals surface area contributed by atoms with Crippen molar-refractivity contribution in [2.75, 3.05) is 42.9 Å². The van der Waals surface area contributed by atoms with Gasteiger partial charge in [-0.3, -0.25) is 4.79 Å². The minimum absolute atomic E-state index is 0.138. The third-order valence-corrected chi connectivity index (χ3v) is 4.32. The summed E-state index contributed by atoms with van der Waals surface area (Å²) < 4.78 is 13.9. The topological polar surface area (TPSA) is 61.4 Å². The Kier molecular flexibility index (Phi) is 5.65. The fraction of sp³-hybridized carbons (Fsp3) is 0.421. The molecule has 3 rings (SSSR count). The molecular weight excluding hydrogens is 333 g/mol. The molecule has 1 saturated heterocycles. The Balaban J connectivity index is 1.57. The molecule has 1 aromatic carbocycles. The number of hydrogen-bond donors (Lipinski definition) is 1. The van der Waals surface area contributed by atoms with Gasteiger partial charge in [0.1, 0.15) is 17.3 Å². The van der Waals surface area contributed by atoms with Crippen LogP contribution in [0, 0.1) is 11.7 Å². The molecule has 1 fully saturated rings. The molecule has 138 valence electrons. The molecule has 2 heterocycles. The zero-order valence-electron chi connectivity index (χ0n) is 15.2. The van der Waals surface area contributed by atoms with Gasteiger partial charge >= 0.3 is 0 Å². The van der Waals surface area contributed by atoms with Crippen molar-refractivity contribution in [2.24, 2.45) is 5.92 Å². The van der Waals surface area contributed by atoms with E-state index in [-0.39, 0.29) is 11.7 Å². The number of rotatable bonds is 5. The summed E-state index contributed by atoms with van der Waals surface area (Å²) in [7, 11) is 0. The number of carbonyl (C=O) groups is 1. The van der Waals surface area contributed by atoms with Gasteiger partial charge in [0.25, 0.3) is 5.91 Å². The van der Waals surface area contributed by atoms with Crippen LogP contribution >= 0.6 is 0 Å². The van der Waals surface area contributed by atoms with E-state index in [1.54, 1.807) is 23.2 Å². The van der Waals surface area contributed by atoms with Crippen molar-refractivity contribution in [3.8, 4) is 0 Å². The summed E-state index contributed by atoms with van der Waals surface area (Å²) in [5.41, 5.74) is 0.916. The number of para-hydroxylation sites is 1. The number of hydrogen-bond acceptors (Lipinski definition) is 5. The van der Waals surface area contributed by atoms with Crippen molar-refractivity contribution in [1.29, 1.82) is 0 Å². The molecule has 1 N–H and O–H groups in total. The van der Waals surface area contributed by atoms with Gasteiger partial charge in [-0.05, 0) is 18.1 Å². The lowest BCUT2D eigenvalue weighted by molar-refractivity contribution is 0.0740. The maximum Gasteiger partial charge on any atom is 0.274 e. The smallest absolute Gasteiger partial charge is 0.274 e. The third kappa shape index (κ3) is 4.28. The molecule has 0 saturated carbocycles. The minimum Gasteiger partial charge on any atom is -0.369 e. The molecule has 1 aliphatic rings. The largest absolute Gasteiger partial charge is 0.369 e. The van der Waals surface area contributed by atoms with Gasteiger partial charge < -0.3 is 15.1 Å². The van der Waals surface area contributed by atoms with Crippen molar-refractivity contribution in [3.05, 3.63) is 48.2 Å². The predicted molar refractivity (Wildman–Crippen MR) is 99.9 cm³/mol. The van der Waals surface area contributed by atoms with E-state index in [4.69, 9.17) is 0 Å². The van der Waals surface area contributed by atoms with Crippen LogP contribution in [0.15, 0.2) is 36.7 Å². The standard InChI is InChI=1S/C19H24FN5O/c1-14(2)11-22-18-13-21-16(12-23-18)19(26)25-9-7-24(8-10-25)17-6-4-3-5-15(17)20/h3-6,12-14H,7-11H2,1-2H3,(H,22,23). The van der Waals surface area contributed by atoms with Crippen LogP contribution in [-0.2, 0) is 0 Å². The van der Waals surface area contributed by atoms with Gasteiger partial charge in [-0.2, -0.15) is 0 Å². The zero-order chi connectivity index (χ0) is 18.5. The molecule has 1 aliphatic heterocycles. The fourth-order valence-corrected chi connectivity index (χ4v) is 2.86. The first kappa shape index (κ1) is 18.1. The Morgan fingerprint density at radius 2 is 1.88 bits per heavy atom. The van der Waals surface area contributed by atoms with Crippen molar-refractivity contribution >= 4 is 17.4 Å². The first-order chi connectivity index (χ1) is 12.5. The van der Waals surface area contributed by atoms with Gasteiger partial charge in [0.15, 0.2) is 0 Å². The number of halogens is 1. The number of anilines is 2. The van der Waals surface area contributed by atoms with Crippen LogP contribution in [0.25, 0.3) is 0 Å². The normalized spacial score (nSPS) is 14.6. The van der Waals surface area contributed by atoms with E-state index in [2.05, 4.69) is 29.1 Å². The number of benzene rings is 1. The van der Waals surface area contributed by atoms with Crippen LogP contribution in [0.1, 0.15) is 24.3 Å². The Morgan fingerprint density at radius 1 is 1.15 bits per heavy atom. The van der Waals surface area contributed by atoms with Crippen molar-refractivity contribution in [3.63, 3.8) is 0 Å². The summed E-state index contributed by atoms with van der Waals surface area (Å²) in [5, 5.41) is 3.18. The minimum atomic E-state index is -0.234. The van der Waals surface area contributed by atoms with E-state index in [0.29, 0.717) is 49.3 Å². The lowest BCUT2D eigenvalue weighted by Gasteiger charge is -2.36. The number of piperazine rings is 1. The summed E-state index contributed by atoms with van der Waals surface area (Å²) in [6, 6.07) is 6.72. The molecule has 0 unspecified atom stereocenters. The van der Waals surface area contributed by atoms with Gasteiger partial charge in [0, 0.05) is 32.7 Å². The highest BCUT2D eigenvalue weighted by Crippen LogP contribution is 2.20. The number of aromatic nitrogens is 2. The highest BCUT2D eigenvalue weighted by atomic mass is 19.1. The van der Waals surface area contributed by atoms with E-state index >= 15 is 0 Å². The van der Waals surface area contributed by atoms with Crippen molar-refractivity contribution < 1.29 is 9.18 Å². The van der Waals surface area contributed by atoms with Crippen LogP contribution in [-0.4, -0.2) is 53.5 Å². The van der Waals surface area contributed by atoms with Crippen LogP contribution in [0.5, 0.6) is 0 Å². The molecule has 1 amide bonds. The lowest BCUT2D eigenvalue weighted by Crippen LogP contribution is -2.49. The summed E-state index contributed by atoms with van der Waals surface area (Å²) in [6.45, 7) is 7.27. The Bertz CT molecular complexity index is 742. The molecule has 0 spiro atoms. The number of amides is 1. The third-order valence-electron chi connectivity index (χ3n) is 4.32. The fourth-order valence-electron chi connectivity index (χ4n) is 2.86. The maximum atomic E-state index is 13.9. The van der Waals surface area contributed by atoms with Gasteiger partial charge in [0.05, 0.1) is 18.1 Å². The Labute approximate surface area is 153 Å². The Hall–Kier alpha value is -2.70. The highest BCUT2D eigenvalue weighted by Gasteiger charge is 2.24. The van der Waals surface area contributed by atoms with E-state index in [1.165, 1.54) is 12.3 Å². The van der Waals surface area contributed by atoms with Crippen LogP contribution in [0.3, 0.4) is 0 Å². The molecule has 6 nitrogen and oxygen atoms in total. The van der Waals surface area contributed by atoms with Crippen LogP contribution in [0.2, 0.25) is 0 Å². The summed E-state index contributed by atoms with van der Waals surface area (Å²) in [6.07, 6.45) is 3.10. The second kappa shape index (κ2) is 8.12. The Morgan fingerprint density at radius 3 is 2.50 bits per heavy atom.